The van der Waals surface area contributed by atoms with Crippen LogP contribution >= 0.6 is 11.6 Å². The number of carbonyl (C=O) groups is 2. The van der Waals surface area contributed by atoms with Crippen molar-refractivity contribution in [2.45, 2.75) is 84.3 Å². The summed E-state index contributed by atoms with van der Waals surface area (Å²) in [5, 5.41) is 3.69. The molecule has 208 valence electrons. The lowest BCUT2D eigenvalue weighted by molar-refractivity contribution is -0.141. The molecule has 1 atom stereocenters. The maximum absolute atomic E-state index is 13.5. The van der Waals surface area contributed by atoms with E-state index in [0.29, 0.717) is 17.1 Å². The molecule has 2 amide bonds. The molecule has 9 heteroatoms. The van der Waals surface area contributed by atoms with Crippen molar-refractivity contribution in [2.75, 3.05) is 17.1 Å². The van der Waals surface area contributed by atoms with E-state index in [9.17, 15) is 18.0 Å². The second kappa shape index (κ2) is 13.5. The van der Waals surface area contributed by atoms with Crippen LogP contribution in [0.25, 0.3) is 0 Å². The highest BCUT2D eigenvalue weighted by Gasteiger charge is 2.28. The third kappa shape index (κ3) is 8.73. The zero-order valence-corrected chi connectivity index (χ0v) is 24.4. The first-order chi connectivity index (χ1) is 17.9. The lowest BCUT2D eigenvalue weighted by Gasteiger charge is -2.31. The molecule has 0 aliphatic heterocycles. The number of amides is 2. The lowest BCUT2D eigenvalue weighted by atomic mass is 9.95. The fourth-order valence-electron chi connectivity index (χ4n) is 5.08. The molecule has 0 heterocycles. The van der Waals surface area contributed by atoms with E-state index in [4.69, 9.17) is 11.6 Å². The summed E-state index contributed by atoms with van der Waals surface area (Å²) in [5.41, 5.74) is 3.36. The molecular formula is C29H40ClN3O4S. The number of hydrogen-bond donors (Lipinski definition) is 1. The average molecular weight is 562 g/mol. The summed E-state index contributed by atoms with van der Waals surface area (Å²) in [7, 11) is -3.54. The Morgan fingerprint density at radius 1 is 1.05 bits per heavy atom. The zero-order chi connectivity index (χ0) is 27.9. The average Bonchev–Trinajstić information content (AvgIpc) is 2.84. The smallest absolute Gasteiger partial charge is 0.242 e. The maximum atomic E-state index is 13.5. The molecule has 0 saturated heterocycles. The van der Waals surface area contributed by atoms with Crippen LogP contribution in [0.1, 0.15) is 68.6 Å². The number of nitrogens with one attached hydrogen (secondary N) is 1. The van der Waals surface area contributed by atoms with Crippen LogP contribution in [0, 0.1) is 13.8 Å². The van der Waals surface area contributed by atoms with Crippen molar-refractivity contribution in [3.63, 3.8) is 0 Å². The standard InChI is InChI=1S/C29H40ClN3O4S/c1-21-16-22(2)18-27(17-21)33(38(4,36)37)15-9-14-28(34)32(20-24-10-8-11-25(30)19-24)23(3)29(35)31-26-12-6-5-7-13-26/h8,10-11,16-19,23,26H,5-7,9,12-15,20H2,1-4H3,(H,31,35)/t23-/m1/s1. The third-order valence-corrected chi connectivity index (χ3v) is 8.44. The zero-order valence-electron chi connectivity index (χ0n) is 22.9. The van der Waals surface area contributed by atoms with Crippen molar-refractivity contribution < 1.29 is 18.0 Å². The molecule has 2 aromatic carbocycles. The predicted octanol–water partition coefficient (Wildman–Crippen LogP) is 5.37. The van der Waals surface area contributed by atoms with Crippen molar-refractivity contribution in [2.24, 2.45) is 0 Å². The Bertz CT molecular complexity index is 1210. The Kier molecular flexibility index (Phi) is 10.6. The Labute approximate surface area is 232 Å². The van der Waals surface area contributed by atoms with Gasteiger partial charge in [0.25, 0.3) is 0 Å². The second-order valence-corrected chi connectivity index (χ2v) is 12.8. The lowest BCUT2D eigenvalue weighted by Crippen LogP contribution is -2.50. The number of aryl methyl sites for hydroxylation is 2. The van der Waals surface area contributed by atoms with Crippen molar-refractivity contribution in [3.8, 4) is 0 Å². The van der Waals surface area contributed by atoms with Gasteiger partial charge < -0.3 is 10.2 Å². The van der Waals surface area contributed by atoms with Gasteiger partial charge in [-0.2, -0.15) is 0 Å². The maximum Gasteiger partial charge on any atom is 0.242 e. The van der Waals surface area contributed by atoms with E-state index in [0.717, 1.165) is 42.4 Å². The highest BCUT2D eigenvalue weighted by atomic mass is 35.5. The number of benzene rings is 2. The fraction of sp³-hybridized carbons (Fsp3) is 0.517. The van der Waals surface area contributed by atoms with E-state index in [1.54, 1.807) is 24.0 Å². The molecule has 0 aromatic heterocycles. The molecule has 3 rings (SSSR count). The van der Waals surface area contributed by atoms with Gasteiger partial charge in [0.05, 0.1) is 11.9 Å². The van der Waals surface area contributed by atoms with Gasteiger partial charge in [-0.3, -0.25) is 13.9 Å². The first-order valence-electron chi connectivity index (χ1n) is 13.3. The molecule has 0 bridgehead atoms. The summed E-state index contributed by atoms with van der Waals surface area (Å²) < 4.78 is 26.5. The van der Waals surface area contributed by atoms with E-state index in [-0.39, 0.29) is 37.4 Å². The first-order valence-corrected chi connectivity index (χ1v) is 15.6. The first kappa shape index (κ1) is 30.0. The van der Waals surface area contributed by atoms with Crippen LogP contribution < -0.4 is 9.62 Å². The summed E-state index contributed by atoms with van der Waals surface area (Å²) in [6.07, 6.45) is 6.91. The molecule has 1 N–H and O–H groups in total. The van der Waals surface area contributed by atoms with Gasteiger partial charge in [0, 0.05) is 30.6 Å². The molecule has 1 aliphatic carbocycles. The molecule has 7 nitrogen and oxygen atoms in total. The number of carbonyl (C=O) groups excluding carboxylic acids is 2. The summed E-state index contributed by atoms with van der Waals surface area (Å²) in [6.45, 7) is 6.01. The van der Waals surface area contributed by atoms with Gasteiger partial charge in [-0.15, -0.1) is 0 Å². The fourth-order valence-corrected chi connectivity index (χ4v) is 6.24. The summed E-state index contributed by atoms with van der Waals surface area (Å²) in [6, 6.07) is 12.4. The molecule has 2 aromatic rings. The van der Waals surface area contributed by atoms with E-state index >= 15 is 0 Å². The molecular weight excluding hydrogens is 522 g/mol. The highest BCUT2D eigenvalue weighted by molar-refractivity contribution is 7.92. The van der Waals surface area contributed by atoms with Crippen LogP contribution in [0.15, 0.2) is 42.5 Å². The number of halogens is 1. The van der Waals surface area contributed by atoms with Gasteiger partial charge in [0.1, 0.15) is 6.04 Å². The highest BCUT2D eigenvalue weighted by Crippen LogP contribution is 2.23. The molecule has 0 radical (unpaired) electrons. The third-order valence-electron chi connectivity index (χ3n) is 7.01. The van der Waals surface area contributed by atoms with Crippen LogP contribution in [0.2, 0.25) is 5.02 Å². The van der Waals surface area contributed by atoms with Crippen LogP contribution in [0.4, 0.5) is 5.69 Å². The molecule has 0 unspecified atom stereocenters. The van der Waals surface area contributed by atoms with Crippen LogP contribution in [0.5, 0.6) is 0 Å². The number of anilines is 1. The van der Waals surface area contributed by atoms with E-state index in [2.05, 4.69) is 5.32 Å². The second-order valence-electron chi connectivity index (χ2n) is 10.5. The summed E-state index contributed by atoms with van der Waals surface area (Å²) in [5.74, 6) is -0.370. The van der Waals surface area contributed by atoms with Crippen molar-refractivity contribution >= 4 is 39.1 Å². The molecule has 38 heavy (non-hydrogen) atoms. The number of nitrogens with zero attached hydrogens (tertiary/aromatic N) is 2. The van der Waals surface area contributed by atoms with E-state index in [1.165, 1.54) is 17.0 Å². The Balaban J connectivity index is 1.73. The molecule has 1 saturated carbocycles. The van der Waals surface area contributed by atoms with Gasteiger partial charge in [-0.05, 0) is 81.0 Å². The Morgan fingerprint density at radius 2 is 1.71 bits per heavy atom. The number of sulfonamides is 1. The SMILES string of the molecule is Cc1cc(C)cc(N(CCCC(=O)N(Cc2cccc(Cl)c2)[C@H](C)C(=O)NC2CCCCC2)S(C)(=O)=O)c1. The minimum absolute atomic E-state index is 0.110. The van der Waals surface area contributed by atoms with Crippen molar-refractivity contribution in [3.05, 3.63) is 64.2 Å². The number of rotatable bonds is 11. The minimum Gasteiger partial charge on any atom is -0.352 e. The monoisotopic (exact) mass is 561 g/mol. The van der Waals surface area contributed by atoms with E-state index < -0.39 is 16.1 Å². The topological polar surface area (TPSA) is 86.8 Å². The minimum atomic E-state index is -3.54. The van der Waals surface area contributed by atoms with Gasteiger partial charge in [-0.25, -0.2) is 8.42 Å². The molecule has 1 fully saturated rings. The molecule has 0 spiro atoms. The Hall–Kier alpha value is -2.58. The number of hydrogen-bond acceptors (Lipinski definition) is 4. The van der Waals surface area contributed by atoms with E-state index in [1.807, 2.05) is 44.2 Å². The van der Waals surface area contributed by atoms with Gasteiger partial charge >= 0.3 is 0 Å². The van der Waals surface area contributed by atoms with Crippen LogP contribution in [-0.4, -0.2) is 50.0 Å². The normalized spacial score (nSPS) is 15.1. The predicted molar refractivity (Wildman–Crippen MR) is 154 cm³/mol. The van der Waals surface area contributed by atoms with Crippen molar-refractivity contribution in [1.29, 1.82) is 0 Å². The van der Waals surface area contributed by atoms with Gasteiger partial charge in [0.2, 0.25) is 21.8 Å². The van der Waals surface area contributed by atoms with Gasteiger partial charge in [-0.1, -0.05) is 49.1 Å². The van der Waals surface area contributed by atoms with Crippen molar-refractivity contribution in [1.82, 2.24) is 10.2 Å². The quantitative estimate of drug-likeness (QED) is 0.399. The largest absolute Gasteiger partial charge is 0.352 e. The Morgan fingerprint density at radius 3 is 2.32 bits per heavy atom. The molecule has 1 aliphatic rings. The summed E-state index contributed by atoms with van der Waals surface area (Å²) >= 11 is 6.18. The van der Waals surface area contributed by atoms with Crippen LogP contribution in [-0.2, 0) is 26.2 Å². The van der Waals surface area contributed by atoms with Crippen LogP contribution in [0.3, 0.4) is 0 Å². The van der Waals surface area contributed by atoms with Gasteiger partial charge in [0.15, 0.2) is 0 Å². The summed E-state index contributed by atoms with van der Waals surface area (Å²) in [4.78, 5) is 28.2.